The minimum atomic E-state index is -4.45. The molecule has 2 aromatic carbocycles. The predicted octanol–water partition coefficient (Wildman–Crippen LogP) is 7.50. The molecule has 5 nitrogen and oxygen atoms in total. The number of fused-ring (bicyclic) bond motifs is 1. The quantitative estimate of drug-likeness (QED) is 0.220. The molecule has 0 aliphatic heterocycles. The fourth-order valence-electron chi connectivity index (χ4n) is 3.74. The number of anilines is 2. The Kier molecular flexibility index (Phi) is 8.34. The first-order valence-corrected chi connectivity index (χ1v) is 11.5. The van der Waals surface area contributed by atoms with Gasteiger partial charge in [-0.3, -0.25) is 4.98 Å². The number of nitrogens with one attached hydrogen (secondary N) is 1. The number of halogens is 4. The second-order valence-corrected chi connectivity index (χ2v) is 7.73. The summed E-state index contributed by atoms with van der Waals surface area (Å²) in [5.41, 5.74) is 1.68. The van der Waals surface area contributed by atoms with Crippen molar-refractivity contribution in [2.45, 2.75) is 40.4 Å². The SMILES string of the molecule is CC.CCOC(=O)c1c(Nc2ccc(C)cc2F)c2cnccc2n1Cc1ccc(C(F)(F)F)cc1. The van der Waals surface area contributed by atoms with Gasteiger partial charge < -0.3 is 14.6 Å². The van der Waals surface area contributed by atoms with Crippen LogP contribution in [-0.2, 0) is 17.5 Å². The maximum atomic E-state index is 14.6. The molecule has 190 valence electrons. The summed E-state index contributed by atoms with van der Waals surface area (Å²) in [6, 6.07) is 11.0. The molecule has 0 saturated carbocycles. The Morgan fingerprint density at radius 2 is 1.78 bits per heavy atom. The number of pyridine rings is 1. The summed E-state index contributed by atoms with van der Waals surface area (Å²) in [7, 11) is 0. The number of hydrogen-bond donors (Lipinski definition) is 1. The van der Waals surface area contributed by atoms with Gasteiger partial charge in [-0.25, -0.2) is 9.18 Å². The second kappa shape index (κ2) is 11.2. The third kappa shape index (κ3) is 5.67. The molecule has 0 saturated heterocycles. The summed E-state index contributed by atoms with van der Waals surface area (Å²) in [5, 5.41) is 3.54. The molecule has 0 bridgehead atoms. The van der Waals surface area contributed by atoms with Crippen LogP contribution in [0.1, 0.15) is 48.0 Å². The van der Waals surface area contributed by atoms with Gasteiger partial charge in [0.15, 0.2) is 5.69 Å². The van der Waals surface area contributed by atoms with Crippen LogP contribution in [0.15, 0.2) is 60.9 Å². The van der Waals surface area contributed by atoms with Crippen LogP contribution in [0.2, 0.25) is 0 Å². The first-order valence-electron chi connectivity index (χ1n) is 11.5. The van der Waals surface area contributed by atoms with Crippen LogP contribution in [0.25, 0.3) is 10.9 Å². The van der Waals surface area contributed by atoms with Crippen molar-refractivity contribution in [3.8, 4) is 0 Å². The number of hydrogen-bond acceptors (Lipinski definition) is 4. The molecule has 0 amide bonds. The summed E-state index contributed by atoms with van der Waals surface area (Å²) >= 11 is 0. The van der Waals surface area contributed by atoms with E-state index < -0.39 is 23.5 Å². The molecule has 4 rings (SSSR count). The maximum absolute atomic E-state index is 14.6. The monoisotopic (exact) mass is 501 g/mol. The highest BCUT2D eigenvalue weighted by Gasteiger charge is 2.30. The number of ether oxygens (including phenoxy) is 1. The van der Waals surface area contributed by atoms with Crippen molar-refractivity contribution in [1.29, 1.82) is 0 Å². The molecule has 2 heterocycles. The lowest BCUT2D eigenvalue weighted by atomic mass is 10.1. The fraction of sp³-hybridized carbons (Fsp3) is 0.259. The van der Waals surface area contributed by atoms with Gasteiger partial charge in [-0.05, 0) is 55.3 Å². The van der Waals surface area contributed by atoms with Crippen LogP contribution >= 0.6 is 0 Å². The highest BCUT2D eigenvalue weighted by molar-refractivity contribution is 6.07. The van der Waals surface area contributed by atoms with Crippen molar-refractivity contribution < 1.29 is 27.1 Å². The molecule has 1 N–H and O–H groups in total. The van der Waals surface area contributed by atoms with Crippen molar-refractivity contribution in [3.63, 3.8) is 0 Å². The molecule has 0 radical (unpaired) electrons. The number of nitrogens with zero attached hydrogens (tertiary/aromatic N) is 2. The van der Waals surface area contributed by atoms with E-state index in [0.29, 0.717) is 22.2 Å². The van der Waals surface area contributed by atoms with Gasteiger partial charge in [0.05, 0.1) is 29.1 Å². The lowest BCUT2D eigenvalue weighted by Gasteiger charge is -2.14. The third-order valence-corrected chi connectivity index (χ3v) is 5.34. The molecule has 0 aliphatic carbocycles. The standard InChI is InChI=1S/C25H21F4N3O2.C2H6/c1-3-34-24(33)23-22(31-20-9-4-15(2)12-19(20)26)18-13-30-11-10-21(18)32(23)14-16-5-7-17(8-6-16)25(27,28)29;1-2/h4-13,31H,3,14H2,1-2H3;1-2H3. The molecule has 0 aliphatic rings. The van der Waals surface area contributed by atoms with Gasteiger partial charge in [0, 0.05) is 24.3 Å². The first-order chi connectivity index (χ1) is 17.2. The van der Waals surface area contributed by atoms with Gasteiger partial charge in [-0.15, -0.1) is 0 Å². The number of carbonyl (C=O) groups is 1. The Balaban J connectivity index is 0.00000176. The summed E-state index contributed by atoms with van der Waals surface area (Å²) in [4.78, 5) is 17.1. The van der Waals surface area contributed by atoms with E-state index in [1.807, 2.05) is 13.8 Å². The van der Waals surface area contributed by atoms with E-state index in [4.69, 9.17) is 4.74 Å². The number of alkyl halides is 3. The minimum Gasteiger partial charge on any atom is -0.461 e. The first kappa shape index (κ1) is 26.7. The van der Waals surface area contributed by atoms with Crippen molar-refractivity contribution in [2.24, 2.45) is 0 Å². The van der Waals surface area contributed by atoms with Crippen LogP contribution in [0.3, 0.4) is 0 Å². The molecular formula is C27H27F4N3O2. The van der Waals surface area contributed by atoms with Gasteiger partial charge in [-0.2, -0.15) is 13.2 Å². The number of carbonyl (C=O) groups excluding carboxylic acids is 1. The summed E-state index contributed by atoms with van der Waals surface area (Å²) in [5.74, 6) is -1.15. The highest BCUT2D eigenvalue weighted by Crippen LogP contribution is 2.35. The van der Waals surface area contributed by atoms with E-state index in [9.17, 15) is 22.4 Å². The molecule has 0 fully saturated rings. The van der Waals surface area contributed by atoms with Gasteiger partial charge in [0.1, 0.15) is 5.82 Å². The van der Waals surface area contributed by atoms with Crippen molar-refractivity contribution in [1.82, 2.24) is 9.55 Å². The number of aromatic nitrogens is 2. The second-order valence-electron chi connectivity index (χ2n) is 7.73. The fourth-order valence-corrected chi connectivity index (χ4v) is 3.74. The Morgan fingerprint density at radius 1 is 1.08 bits per heavy atom. The zero-order valence-electron chi connectivity index (χ0n) is 20.4. The minimum absolute atomic E-state index is 0.0882. The van der Waals surface area contributed by atoms with Crippen LogP contribution in [0, 0.1) is 12.7 Å². The third-order valence-electron chi connectivity index (χ3n) is 5.34. The van der Waals surface area contributed by atoms with E-state index in [0.717, 1.165) is 17.7 Å². The van der Waals surface area contributed by atoms with Crippen molar-refractivity contribution >= 4 is 28.2 Å². The number of esters is 1. The molecule has 0 spiro atoms. The van der Waals surface area contributed by atoms with Crippen LogP contribution in [0.5, 0.6) is 0 Å². The Labute approximate surface area is 206 Å². The lowest BCUT2D eigenvalue weighted by Crippen LogP contribution is -2.15. The number of rotatable bonds is 6. The predicted molar refractivity (Wildman–Crippen MR) is 132 cm³/mol. The van der Waals surface area contributed by atoms with E-state index in [2.05, 4.69) is 10.3 Å². The van der Waals surface area contributed by atoms with Crippen molar-refractivity contribution in [3.05, 3.63) is 89.1 Å². The molecule has 2 aromatic heterocycles. The lowest BCUT2D eigenvalue weighted by molar-refractivity contribution is -0.137. The largest absolute Gasteiger partial charge is 0.461 e. The Bertz CT molecular complexity index is 1350. The molecule has 9 heteroatoms. The average Bonchev–Trinajstić information content (AvgIpc) is 3.15. The summed E-state index contributed by atoms with van der Waals surface area (Å²) in [6.07, 6.45) is -1.37. The van der Waals surface area contributed by atoms with Gasteiger partial charge in [0.2, 0.25) is 0 Å². The summed E-state index contributed by atoms with van der Waals surface area (Å²) < 4.78 is 60.4. The molecule has 36 heavy (non-hydrogen) atoms. The number of aryl methyl sites for hydroxylation is 1. The summed E-state index contributed by atoms with van der Waals surface area (Å²) in [6.45, 7) is 7.62. The van der Waals surface area contributed by atoms with E-state index in [-0.39, 0.29) is 24.5 Å². The van der Waals surface area contributed by atoms with Crippen LogP contribution in [-0.4, -0.2) is 22.1 Å². The smallest absolute Gasteiger partial charge is 0.416 e. The molecular weight excluding hydrogens is 474 g/mol. The molecule has 0 unspecified atom stereocenters. The van der Waals surface area contributed by atoms with Gasteiger partial charge >= 0.3 is 12.1 Å². The van der Waals surface area contributed by atoms with Crippen molar-refractivity contribution in [2.75, 3.05) is 11.9 Å². The van der Waals surface area contributed by atoms with E-state index >= 15 is 0 Å². The number of benzene rings is 2. The van der Waals surface area contributed by atoms with Crippen LogP contribution in [0.4, 0.5) is 28.9 Å². The van der Waals surface area contributed by atoms with E-state index in [1.165, 1.54) is 30.6 Å². The maximum Gasteiger partial charge on any atom is 0.416 e. The van der Waals surface area contributed by atoms with Gasteiger partial charge in [-0.1, -0.05) is 32.0 Å². The average molecular weight is 502 g/mol. The van der Waals surface area contributed by atoms with Gasteiger partial charge in [0.25, 0.3) is 0 Å². The zero-order valence-corrected chi connectivity index (χ0v) is 20.4. The van der Waals surface area contributed by atoms with Crippen LogP contribution < -0.4 is 5.32 Å². The molecule has 0 atom stereocenters. The molecule has 4 aromatic rings. The Hall–Kier alpha value is -3.88. The van der Waals surface area contributed by atoms with E-state index in [1.54, 1.807) is 36.6 Å². The normalized spacial score (nSPS) is 11.1. The highest BCUT2D eigenvalue weighted by atomic mass is 19.4. The topological polar surface area (TPSA) is 56.1 Å². The Morgan fingerprint density at radius 3 is 2.39 bits per heavy atom. The zero-order chi connectivity index (χ0) is 26.5.